The second-order valence-electron chi connectivity index (χ2n) is 6.27. The van der Waals surface area contributed by atoms with Crippen molar-refractivity contribution in [2.75, 3.05) is 23.7 Å². The van der Waals surface area contributed by atoms with Crippen LogP contribution in [0.15, 0.2) is 42.5 Å². The summed E-state index contributed by atoms with van der Waals surface area (Å²) in [5.41, 5.74) is 1.00. The van der Waals surface area contributed by atoms with Gasteiger partial charge in [0.15, 0.2) is 0 Å². The van der Waals surface area contributed by atoms with Crippen molar-refractivity contribution in [3.8, 4) is 5.75 Å². The van der Waals surface area contributed by atoms with E-state index in [0.717, 1.165) is 22.2 Å². The van der Waals surface area contributed by atoms with Crippen molar-refractivity contribution in [1.82, 2.24) is 5.32 Å². The third-order valence-corrected chi connectivity index (χ3v) is 5.61. The molecule has 0 saturated carbocycles. The van der Waals surface area contributed by atoms with E-state index in [1.165, 1.54) is 25.1 Å². The van der Waals surface area contributed by atoms with Crippen molar-refractivity contribution in [2.45, 2.75) is 19.9 Å². The zero-order valence-electron chi connectivity index (χ0n) is 15.8. The maximum Gasteiger partial charge on any atom is 0.243 e. The van der Waals surface area contributed by atoms with Gasteiger partial charge in [0.1, 0.15) is 24.2 Å². The van der Waals surface area contributed by atoms with Crippen molar-refractivity contribution in [2.24, 2.45) is 0 Å². The zero-order chi connectivity index (χ0) is 20.9. The molecule has 1 amide bonds. The van der Waals surface area contributed by atoms with Crippen LogP contribution >= 0.6 is 11.6 Å². The van der Waals surface area contributed by atoms with Crippen LogP contribution in [0.25, 0.3) is 0 Å². The number of carbonyl (C=O) groups excluding carboxylic acids is 1. The molecule has 152 valence electrons. The van der Waals surface area contributed by atoms with Gasteiger partial charge < -0.3 is 10.1 Å². The highest BCUT2D eigenvalue weighted by Crippen LogP contribution is 2.22. The van der Waals surface area contributed by atoms with Crippen molar-refractivity contribution >= 4 is 33.2 Å². The highest BCUT2D eigenvalue weighted by atomic mass is 35.5. The Balaban J connectivity index is 1.98. The molecule has 2 rings (SSSR count). The minimum Gasteiger partial charge on any atom is -0.492 e. The first-order chi connectivity index (χ1) is 13.1. The highest BCUT2D eigenvalue weighted by Gasteiger charge is 2.29. The molecule has 0 heterocycles. The number of rotatable bonds is 8. The third-order valence-electron chi connectivity index (χ3n) is 3.96. The predicted octanol–water partition coefficient (Wildman–Crippen LogP) is 3.14. The molecule has 2 aromatic rings. The molecule has 0 aromatic heterocycles. The van der Waals surface area contributed by atoms with Crippen LogP contribution in [0.1, 0.15) is 12.5 Å². The first kappa shape index (κ1) is 22.0. The summed E-state index contributed by atoms with van der Waals surface area (Å²) in [4.78, 5) is 12.4. The maximum atomic E-state index is 13.5. The van der Waals surface area contributed by atoms with Crippen LogP contribution in [0.5, 0.6) is 5.75 Å². The third kappa shape index (κ3) is 5.84. The zero-order valence-corrected chi connectivity index (χ0v) is 17.3. The standard InChI is InChI=1S/C19H22ClFN2O4S/c1-13-7-8-17(12-18(13)20)27-10-9-22-19(24)14(2)23(28(3,25)26)16-6-4-5-15(21)11-16/h4-8,11-12,14H,9-10H2,1-3H3,(H,22,24). The Kier molecular flexibility index (Phi) is 7.26. The molecular weight excluding hydrogens is 407 g/mol. The molecule has 0 aliphatic carbocycles. The van der Waals surface area contributed by atoms with Crippen LogP contribution in [0.2, 0.25) is 5.02 Å². The van der Waals surface area contributed by atoms with E-state index in [-0.39, 0.29) is 18.8 Å². The summed E-state index contributed by atoms with van der Waals surface area (Å²) in [6.07, 6.45) is 0.964. The van der Waals surface area contributed by atoms with Crippen LogP contribution in [0.3, 0.4) is 0 Å². The molecule has 0 spiro atoms. The van der Waals surface area contributed by atoms with Gasteiger partial charge in [-0.1, -0.05) is 23.7 Å². The fraction of sp³-hybridized carbons (Fsp3) is 0.316. The summed E-state index contributed by atoms with van der Waals surface area (Å²) in [5, 5.41) is 3.20. The van der Waals surface area contributed by atoms with Gasteiger partial charge >= 0.3 is 0 Å². The van der Waals surface area contributed by atoms with Gasteiger partial charge in [0.2, 0.25) is 15.9 Å². The van der Waals surface area contributed by atoms with E-state index in [1.807, 2.05) is 13.0 Å². The van der Waals surface area contributed by atoms with Gasteiger partial charge in [-0.05, 0) is 49.7 Å². The van der Waals surface area contributed by atoms with E-state index in [1.54, 1.807) is 12.1 Å². The second kappa shape index (κ2) is 9.25. The summed E-state index contributed by atoms with van der Waals surface area (Å²) in [6, 6.07) is 9.27. The highest BCUT2D eigenvalue weighted by molar-refractivity contribution is 7.92. The summed E-state index contributed by atoms with van der Waals surface area (Å²) < 4.78 is 44.2. The molecule has 1 unspecified atom stereocenters. The number of ether oxygens (including phenoxy) is 1. The quantitative estimate of drug-likeness (QED) is 0.655. The second-order valence-corrected chi connectivity index (χ2v) is 8.53. The van der Waals surface area contributed by atoms with E-state index in [0.29, 0.717) is 10.8 Å². The lowest BCUT2D eigenvalue weighted by Crippen LogP contribution is -2.48. The lowest BCUT2D eigenvalue weighted by molar-refractivity contribution is -0.121. The molecular formula is C19H22ClFN2O4S. The molecule has 0 aliphatic rings. The fourth-order valence-corrected chi connectivity index (χ4v) is 3.91. The van der Waals surface area contributed by atoms with Gasteiger partial charge in [0.25, 0.3) is 0 Å². The molecule has 0 aliphatic heterocycles. The molecule has 9 heteroatoms. The number of nitrogens with zero attached hydrogens (tertiary/aromatic N) is 1. The van der Waals surface area contributed by atoms with E-state index in [9.17, 15) is 17.6 Å². The van der Waals surface area contributed by atoms with Gasteiger partial charge in [0.05, 0.1) is 18.5 Å². The van der Waals surface area contributed by atoms with Gasteiger partial charge in [-0.3, -0.25) is 9.10 Å². The summed E-state index contributed by atoms with van der Waals surface area (Å²) >= 11 is 6.03. The SMILES string of the molecule is Cc1ccc(OCCNC(=O)C(C)N(c2cccc(F)c2)S(C)(=O)=O)cc1Cl. The maximum absolute atomic E-state index is 13.5. The number of benzene rings is 2. The topological polar surface area (TPSA) is 75.7 Å². The molecule has 28 heavy (non-hydrogen) atoms. The summed E-state index contributed by atoms with van der Waals surface area (Å²) in [5.74, 6) is -0.556. The number of hydrogen-bond donors (Lipinski definition) is 1. The molecule has 1 atom stereocenters. The van der Waals surface area contributed by atoms with Crippen molar-refractivity contribution in [3.05, 3.63) is 58.9 Å². The average Bonchev–Trinajstić information content (AvgIpc) is 2.60. The number of anilines is 1. The van der Waals surface area contributed by atoms with Crippen molar-refractivity contribution < 1.29 is 22.3 Å². The monoisotopic (exact) mass is 428 g/mol. The minimum absolute atomic E-state index is 0.0793. The Labute approximate surface area is 169 Å². The molecule has 1 N–H and O–H groups in total. The number of aryl methyl sites for hydroxylation is 1. The van der Waals surface area contributed by atoms with Crippen LogP contribution < -0.4 is 14.4 Å². The van der Waals surface area contributed by atoms with Gasteiger partial charge in [-0.15, -0.1) is 0 Å². The normalized spacial score (nSPS) is 12.3. The molecule has 0 saturated heterocycles. The van der Waals surface area contributed by atoms with Crippen LogP contribution in [-0.4, -0.2) is 39.8 Å². The van der Waals surface area contributed by atoms with Crippen LogP contribution in [0, 0.1) is 12.7 Å². The smallest absolute Gasteiger partial charge is 0.243 e. The largest absolute Gasteiger partial charge is 0.492 e. The van der Waals surface area contributed by atoms with Crippen LogP contribution in [-0.2, 0) is 14.8 Å². The number of carbonyl (C=O) groups is 1. The van der Waals surface area contributed by atoms with Gasteiger partial charge in [-0.2, -0.15) is 0 Å². The number of hydrogen-bond acceptors (Lipinski definition) is 4. The van der Waals surface area contributed by atoms with E-state index in [2.05, 4.69) is 5.32 Å². The Morgan fingerprint density at radius 2 is 2.00 bits per heavy atom. The molecule has 0 radical (unpaired) electrons. The lowest BCUT2D eigenvalue weighted by Gasteiger charge is -2.28. The minimum atomic E-state index is -3.80. The van der Waals surface area contributed by atoms with Crippen molar-refractivity contribution in [3.63, 3.8) is 0 Å². The lowest BCUT2D eigenvalue weighted by atomic mass is 10.2. The predicted molar refractivity (Wildman–Crippen MR) is 108 cm³/mol. The van der Waals surface area contributed by atoms with Gasteiger partial charge in [0, 0.05) is 5.02 Å². The Morgan fingerprint density at radius 3 is 2.61 bits per heavy atom. The summed E-state index contributed by atoms with van der Waals surface area (Å²) in [6.45, 7) is 3.65. The van der Waals surface area contributed by atoms with Gasteiger partial charge in [-0.25, -0.2) is 12.8 Å². The summed E-state index contributed by atoms with van der Waals surface area (Å²) in [7, 11) is -3.80. The first-order valence-corrected chi connectivity index (χ1v) is 10.7. The molecule has 0 fully saturated rings. The fourth-order valence-electron chi connectivity index (χ4n) is 2.58. The molecule has 2 aromatic carbocycles. The average molecular weight is 429 g/mol. The molecule has 6 nitrogen and oxygen atoms in total. The Morgan fingerprint density at radius 1 is 1.29 bits per heavy atom. The Bertz CT molecular complexity index is 953. The molecule has 0 bridgehead atoms. The number of sulfonamides is 1. The van der Waals surface area contributed by atoms with E-state index < -0.39 is 27.8 Å². The van der Waals surface area contributed by atoms with Crippen LogP contribution in [0.4, 0.5) is 10.1 Å². The number of halogens is 2. The number of nitrogens with one attached hydrogen (secondary N) is 1. The number of amides is 1. The van der Waals surface area contributed by atoms with Crippen molar-refractivity contribution in [1.29, 1.82) is 0 Å². The van der Waals surface area contributed by atoms with E-state index >= 15 is 0 Å². The van der Waals surface area contributed by atoms with E-state index in [4.69, 9.17) is 16.3 Å². The Hall–Kier alpha value is -2.32. The first-order valence-electron chi connectivity index (χ1n) is 8.51.